The van der Waals surface area contributed by atoms with E-state index in [4.69, 9.17) is 21.1 Å². The minimum atomic E-state index is -0.465. The Morgan fingerprint density at radius 1 is 1.08 bits per heavy atom. The summed E-state index contributed by atoms with van der Waals surface area (Å²) in [5.41, 5.74) is 0.337. The van der Waals surface area contributed by atoms with E-state index in [2.05, 4.69) is 6.58 Å². The van der Waals surface area contributed by atoms with E-state index >= 15 is 0 Å². The molecule has 5 heteroatoms. The molecular formula is C21H17ClO3S. The number of para-hydroxylation sites is 1. The summed E-state index contributed by atoms with van der Waals surface area (Å²) in [6.45, 7) is 5.27. The van der Waals surface area contributed by atoms with Crippen LogP contribution in [0.1, 0.15) is 6.92 Å². The smallest absolute Gasteiger partial charge is 0.338 e. The van der Waals surface area contributed by atoms with Gasteiger partial charge >= 0.3 is 5.97 Å². The maximum Gasteiger partial charge on any atom is 0.338 e. The van der Waals surface area contributed by atoms with Crippen molar-refractivity contribution in [3.05, 3.63) is 71.8 Å². The average molecular weight is 385 g/mol. The second-order valence-electron chi connectivity index (χ2n) is 5.68. The van der Waals surface area contributed by atoms with Crippen LogP contribution < -0.4 is 9.47 Å². The Labute approximate surface area is 161 Å². The number of fused-ring (bicyclic) bond motifs is 1. The highest BCUT2D eigenvalue weighted by molar-refractivity contribution is 7.98. The molecule has 0 saturated carbocycles. The number of ether oxygens (including phenoxy) is 2. The Morgan fingerprint density at radius 2 is 1.81 bits per heavy atom. The predicted molar refractivity (Wildman–Crippen MR) is 108 cm³/mol. The SMILES string of the molecule is C=C(C)C(=O)Oc1c(SC)cc(Oc2ccccc2)c2cc(Cl)ccc12. The molecule has 132 valence electrons. The molecule has 0 aromatic heterocycles. The second kappa shape index (κ2) is 7.85. The van der Waals surface area contributed by atoms with E-state index in [-0.39, 0.29) is 0 Å². The summed E-state index contributed by atoms with van der Waals surface area (Å²) >= 11 is 7.67. The van der Waals surface area contributed by atoms with Crippen LogP contribution in [0, 0.1) is 0 Å². The quantitative estimate of drug-likeness (QED) is 0.218. The molecule has 3 aromatic rings. The molecule has 0 amide bonds. The maximum atomic E-state index is 12.1. The van der Waals surface area contributed by atoms with Crippen LogP contribution in [0.15, 0.2) is 71.6 Å². The first-order valence-corrected chi connectivity index (χ1v) is 9.50. The normalized spacial score (nSPS) is 10.6. The Balaban J connectivity index is 2.18. The minimum absolute atomic E-state index is 0.337. The van der Waals surface area contributed by atoms with E-state index in [1.807, 2.05) is 48.7 Å². The first kappa shape index (κ1) is 18.4. The third kappa shape index (κ3) is 3.87. The molecule has 0 aliphatic rings. The number of carbonyl (C=O) groups is 1. The van der Waals surface area contributed by atoms with Gasteiger partial charge < -0.3 is 9.47 Å². The fraction of sp³-hybridized carbons (Fsp3) is 0.0952. The van der Waals surface area contributed by atoms with Crippen molar-refractivity contribution < 1.29 is 14.3 Å². The Bertz CT molecular complexity index is 983. The van der Waals surface area contributed by atoms with Crippen LogP contribution in [0.2, 0.25) is 5.02 Å². The van der Waals surface area contributed by atoms with Gasteiger partial charge in [0.2, 0.25) is 0 Å². The van der Waals surface area contributed by atoms with Crippen molar-refractivity contribution in [2.75, 3.05) is 6.26 Å². The molecule has 0 bridgehead atoms. The Hall–Kier alpha value is -2.43. The van der Waals surface area contributed by atoms with Gasteiger partial charge in [0, 0.05) is 21.4 Å². The van der Waals surface area contributed by atoms with Crippen molar-refractivity contribution in [3.63, 3.8) is 0 Å². The second-order valence-corrected chi connectivity index (χ2v) is 6.97. The van der Waals surface area contributed by atoms with Gasteiger partial charge in [-0.3, -0.25) is 0 Å². The number of carbonyl (C=O) groups excluding carboxylic acids is 1. The molecule has 26 heavy (non-hydrogen) atoms. The summed E-state index contributed by atoms with van der Waals surface area (Å²) in [5.74, 6) is 1.38. The number of halogens is 1. The first-order valence-electron chi connectivity index (χ1n) is 7.90. The predicted octanol–water partition coefficient (Wildman–Crippen LogP) is 6.49. The van der Waals surface area contributed by atoms with Crippen LogP contribution in [0.5, 0.6) is 17.2 Å². The zero-order valence-electron chi connectivity index (χ0n) is 14.4. The van der Waals surface area contributed by atoms with Crippen molar-refractivity contribution in [1.29, 1.82) is 0 Å². The lowest BCUT2D eigenvalue weighted by Gasteiger charge is -2.16. The van der Waals surface area contributed by atoms with Crippen molar-refractivity contribution in [2.24, 2.45) is 0 Å². The van der Waals surface area contributed by atoms with Crippen molar-refractivity contribution in [3.8, 4) is 17.2 Å². The van der Waals surface area contributed by atoms with Crippen LogP contribution in [-0.4, -0.2) is 12.2 Å². The summed E-state index contributed by atoms with van der Waals surface area (Å²) in [4.78, 5) is 12.9. The number of rotatable bonds is 5. The van der Waals surface area contributed by atoms with E-state index in [1.165, 1.54) is 11.8 Å². The molecule has 0 saturated heterocycles. The maximum absolute atomic E-state index is 12.1. The number of benzene rings is 3. The highest BCUT2D eigenvalue weighted by atomic mass is 35.5. The van der Waals surface area contributed by atoms with Gasteiger partial charge in [-0.15, -0.1) is 11.8 Å². The zero-order valence-corrected chi connectivity index (χ0v) is 16.0. The largest absolute Gasteiger partial charge is 0.457 e. The molecule has 0 N–H and O–H groups in total. The molecule has 0 atom stereocenters. The summed E-state index contributed by atoms with van der Waals surface area (Å²) in [7, 11) is 0. The lowest BCUT2D eigenvalue weighted by molar-refractivity contribution is -0.130. The fourth-order valence-corrected chi connectivity index (χ4v) is 3.18. The molecule has 0 heterocycles. The van der Waals surface area contributed by atoms with Crippen LogP contribution >= 0.6 is 23.4 Å². The van der Waals surface area contributed by atoms with Crippen molar-refractivity contribution in [2.45, 2.75) is 11.8 Å². The summed E-state index contributed by atoms with van der Waals surface area (Å²) < 4.78 is 11.7. The number of thioether (sulfide) groups is 1. The third-order valence-corrected chi connectivity index (χ3v) is 4.69. The molecule has 0 unspecified atom stereocenters. The van der Waals surface area contributed by atoms with E-state index in [9.17, 15) is 4.79 Å². The van der Waals surface area contributed by atoms with E-state index in [1.54, 1.807) is 19.1 Å². The third-order valence-electron chi connectivity index (χ3n) is 3.71. The molecule has 0 radical (unpaired) electrons. The first-order chi connectivity index (χ1) is 12.5. The van der Waals surface area contributed by atoms with Crippen LogP contribution in [0.25, 0.3) is 10.8 Å². The molecule has 0 aliphatic carbocycles. The van der Waals surface area contributed by atoms with E-state index in [0.29, 0.717) is 27.8 Å². The number of hydrogen-bond acceptors (Lipinski definition) is 4. The van der Waals surface area contributed by atoms with Gasteiger partial charge in [-0.2, -0.15) is 0 Å². The fourth-order valence-electron chi connectivity index (χ4n) is 2.45. The summed E-state index contributed by atoms with van der Waals surface area (Å²) in [6, 6.07) is 16.7. The van der Waals surface area contributed by atoms with E-state index in [0.717, 1.165) is 15.7 Å². The summed E-state index contributed by atoms with van der Waals surface area (Å²) in [6.07, 6.45) is 1.92. The molecule has 3 nitrogen and oxygen atoms in total. The van der Waals surface area contributed by atoms with Gasteiger partial charge in [-0.25, -0.2) is 4.79 Å². The Kier molecular flexibility index (Phi) is 5.55. The molecule has 3 rings (SSSR count). The van der Waals surface area contributed by atoms with Gasteiger partial charge in [0.05, 0.1) is 4.90 Å². The number of esters is 1. The average Bonchev–Trinajstić information content (AvgIpc) is 2.64. The highest BCUT2D eigenvalue weighted by Gasteiger charge is 2.18. The monoisotopic (exact) mass is 384 g/mol. The highest BCUT2D eigenvalue weighted by Crippen LogP contribution is 2.43. The Morgan fingerprint density at radius 3 is 2.46 bits per heavy atom. The molecule has 0 fully saturated rings. The van der Waals surface area contributed by atoms with Crippen LogP contribution in [-0.2, 0) is 4.79 Å². The molecule has 0 spiro atoms. The van der Waals surface area contributed by atoms with Gasteiger partial charge in [-0.05, 0) is 49.6 Å². The molecule has 3 aromatic carbocycles. The molecule has 0 aliphatic heterocycles. The van der Waals surface area contributed by atoms with Gasteiger partial charge in [0.25, 0.3) is 0 Å². The van der Waals surface area contributed by atoms with Crippen molar-refractivity contribution >= 4 is 40.1 Å². The van der Waals surface area contributed by atoms with Crippen LogP contribution in [0.4, 0.5) is 0 Å². The van der Waals surface area contributed by atoms with Crippen LogP contribution in [0.3, 0.4) is 0 Å². The molecular weight excluding hydrogens is 368 g/mol. The summed E-state index contributed by atoms with van der Waals surface area (Å²) in [5, 5.41) is 2.09. The topological polar surface area (TPSA) is 35.5 Å². The lowest BCUT2D eigenvalue weighted by Crippen LogP contribution is -2.09. The van der Waals surface area contributed by atoms with Gasteiger partial charge in [0.1, 0.15) is 11.5 Å². The van der Waals surface area contributed by atoms with E-state index < -0.39 is 5.97 Å². The van der Waals surface area contributed by atoms with Gasteiger partial charge in [0.15, 0.2) is 5.75 Å². The number of hydrogen-bond donors (Lipinski definition) is 0. The lowest BCUT2D eigenvalue weighted by atomic mass is 10.1. The minimum Gasteiger partial charge on any atom is -0.457 e. The standard InChI is InChI=1S/C21H17ClO3S/c1-13(2)21(23)25-20-16-10-9-14(22)11-17(16)18(12-19(20)26-3)24-15-7-5-4-6-8-15/h4-12H,1H2,2-3H3. The van der Waals surface area contributed by atoms with Gasteiger partial charge in [-0.1, -0.05) is 36.4 Å². The van der Waals surface area contributed by atoms with Crippen molar-refractivity contribution in [1.82, 2.24) is 0 Å². The zero-order chi connectivity index (χ0) is 18.7.